The number of hydrogen-bond donors (Lipinski definition) is 5. The first-order valence-corrected chi connectivity index (χ1v) is 12.9. The van der Waals surface area contributed by atoms with Gasteiger partial charge in [-0.1, -0.05) is 6.07 Å². The van der Waals surface area contributed by atoms with E-state index in [2.05, 4.69) is 30.8 Å². The van der Waals surface area contributed by atoms with Crippen molar-refractivity contribution in [1.29, 1.82) is 0 Å². The Hall–Kier alpha value is -3.90. The highest BCUT2D eigenvalue weighted by molar-refractivity contribution is 5.99. The number of aromatic nitrogens is 2. The van der Waals surface area contributed by atoms with Crippen LogP contribution >= 0.6 is 0 Å². The Balaban J connectivity index is 1.74. The Morgan fingerprint density at radius 2 is 1.59 bits per heavy atom. The quantitative estimate of drug-likeness (QED) is 0.129. The van der Waals surface area contributed by atoms with Crippen molar-refractivity contribution in [2.75, 3.05) is 18.5 Å². The zero-order valence-corrected chi connectivity index (χ0v) is 23.2. The molecular weight excluding hydrogens is 498 g/mol. The Bertz CT molecular complexity index is 1130. The van der Waals surface area contributed by atoms with Crippen LogP contribution in [0.15, 0.2) is 52.9 Å². The first-order chi connectivity index (χ1) is 18.4. The Kier molecular flexibility index (Phi) is 12.0. The molecule has 39 heavy (non-hydrogen) atoms. The number of anilines is 1. The number of rotatable bonds is 15. The predicted octanol–water partition coefficient (Wildman–Crippen LogP) is 2.04. The molecule has 2 heterocycles. The molecule has 0 aliphatic heterocycles. The van der Waals surface area contributed by atoms with E-state index in [0.29, 0.717) is 43.1 Å². The number of amides is 2. The third-order valence-corrected chi connectivity index (χ3v) is 5.75. The summed E-state index contributed by atoms with van der Waals surface area (Å²) in [6.45, 7) is 8.98. The fourth-order valence-corrected chi connectivity index (χ4v) is 3.48. The lowest BCUT2D eigenvalue weighted by atomic mass is 10.00. The number of ether oxygens (including phenoxy) is 1. The molecule has 0 aromatic carbocycles. The average molecular weight is 540 g/mol. The van der Waals surface area contributed by atoms with Crippen LogP contribution in [0.1, 0.15) is 71.2 Å². The van der Waals surface area contributed by atoms with E-state index < -0.39 is 5.54 Å². The summed E-state index contributed by atoms with van der Waals surface area (Å²) < 4.78 is 5.90. The summed E-state index contributed by atoms with van der Waals surface area (Å²) in [6.07, 6.45) is 5.33. The van der Waals surface area contributed by atoms with Crippen LogP contribution in [-0.2, 0) is 14.3 Å². The van der Waals surface area contributed by atoms with Crippen LogP contribution in [0.5, 0.6) is 0 Å². The number of nitrogens with zero attached hydrogens (tertiary/aromatic N) is 4. The fourth-order valence-electron chi connectivity index (χ4n) is 3.48. The van der Waals surface area contributed by atoms with Gasteiger partial charge in [0.25, 0.3) is 0 Å². The minimum absolute atomic E-state index is 0.0616. The second-order valence-corrected chi connectivity index (χ2v) is 10.3. The summed E-state index contributed by atoms with van der Waals surface area (Å²) in [5.74, 6) is -0.148. The van der Waals surface area contributed by atoms with Crippen molar-refractivity contribution in [1.82, 2.24) is 15.3 Å². The molecule has 0 radical (unpaired) electrons. The molecule has 0 atom stereocenters. The van der Waals surface area contributed by atoms with Crippen molar-refractivity contribution in [2.45, 2.75) is 70.9 Å². The van der Waals surface area contributed by atoms with Gasteiger partial charge in [-0.25, -0.2) is 0 Å². The summed E-state index contributed by atoms with van der Waals surface area (Å²) in [7, 11) is 0. The zero-order chi connectivity index (χ0) is 28.9. The van der Waals surface area contributed by atoms with Gasteiger partial charge in [0.05, 0.1) is 17.5 Å². The largest absolute Gasteiger partial charge is 0.380 e. The third kappa shape index (κ3) is 12.0. The summed E-state index contributed by atoms with van der Waals surface area (Å²) in [6, 6.07) is 8.52. The van der Waals surface area contributed by atoms with Crippen LogP contribution in [0.3, 0.4) is 0 Å². The number of amidine groups is 2. The molecule has 0 aliphatic carbocycles. The van der Waals surface area contributed by atoms with Crippen molar-refractivity contribution >= 4 is 29.2 Å². The smallest absolute Gasteiger partial charge is 0.224 e. The lowest BCUT2D eigenvalue weighted by Gasteiger charge is -2.30. The van der Waals surface area contributed by atoms with Gasteiger partial charge in [-0.2, -0.15) is 0 Å². The minimum Gasteiger partial charge on any atom is -0.380 e. The van der Waals surface area contributed by atoms with Gasteiger partial charge in [0.1, 0.15) is 11.4 Å². The van der Waals surface area contributed by atoms with Crippen molar-refractivity contribution < 1.29 is 14.3 Å². The molecule has 2 aromatic rings. The first-order valence-electron chi connectivity index (χ1n) is 12.9. The molecule has 0 fully saturated rings. The van der Waals surface area contributed by atoms with E-state index in [1.807, 2.05) is 27.7 Å². The van der Waals surface area contributed by atoms with Gasteiger partial charge < -0.3 is 32.6 Å². The van der Waals surface area contributed by atoms with Crippen molar-refractivity contribution in [3.05, 3.63) is 54.1 Å². The maximum atomic E-state index is 12.4. The molecule has 2 rings (SSSR count). The summed E-state index contributed by atoms with van der Waals surface area (Å²) in [4.78, 5) is 33.0. The van der Waals surface area contributed by atoms with E-state index in [-0.39, 0.29) is 41.9 Å². The first kappa shape index (κ1) is 31.3. The third-order valence-electron chi connectivity index (χ3n) is 5.75. The lowest BCUT2D eigenvalue weighted by molar-refractivity contribution is -0.123. The number of carbonyl (C=O) groups excluding carboxylic acids is 2. The van der Waals surface area contributed by atoms with Gasteiger partial charge in [0, 0.05) is 31.2 Å². The Morgan fingerprint density at radius 3 is 2.18 bits per heavy atom. The molecule has 0 saturated carbocycles. The highest BCUT2D eigenvalue weighted by Gasteiger charge is 2.23. The van der Waals surface area contributed by atoms with Crippen LogP contribution in [0.2, 0.25) is 0 Å². The summed E-state index contributed by atoms with van der Waals surface area (Å²) in [5.41, 5.74) is 18.0. The number of nitrogens with one attached hydrogen (secondary N) is 2. The number of pyridine rings is 2. The van der Waals surface area contributed by atoms with Crippen molar-refractivity contribution in [2.24, 2.45) is 27.4 Å². The van der Waals surface area contributed by atoms with Crippen LogP contribution < -0.4 is 27.8 Å². The van der Waals surface area contributed by atoms with Crippen LogP contribution in [-0.4, -0.2) is 57.7 Å². The molecule has 8 N–H and O–H groups in total. The molecule has 0 saturated heterocycles. The van der Waals surface area contributed by atoms with Gasteiger partial charge in [0.2, 0.25) is 11.8 Å². The maximum absolute atomic E-state index is 12.4. The number of hydrogen-bond acceptors (Lipinski definition) is 8. The monoisotopic (exact) mass is 539 g/mol. The normalized spacial score (nSPS) is 12.7. The van der Waals surface area contributed by atoms with E-state index in [4.69, 9.17) is 21.9 Å². The summed E-state index contributed by atoms with van der Waals surface area (Å²) >= 11 is 0. The molecule has 12 heteroatoms. The topological polar surface area (TPSA) is 196 Å². The minimum atomic E-state index is -0.424. The lowest BCUT2D eigenvalue weighted by Crippen LogP contribution is -2.44. The maximum Gasteiger partial charge on any atom is 0.224 e. The highest BCUT2D eigenvalue weighted by Crippen LogP contribution is 2.17. The van der Waals surface area contributed by atoms with E-state index in [1.54, 1.807) is 36.5 Å². The van der Waals surface area contributed by atoms with Gasteiger partial charge in [0.15, 0.2) is 11.7 Å². The van der Waals surface area contributed by atoms with Crippen LogP contribution in [0, 0.1) is 0 Å². The molecular formula is C27H41N9O3. The van der Waals surface area contributed by atoms with Crippen LogP contribution in [0.4, 0.5) is 5.69 Å². The number of carbonyl (C=O) groups is 2. The van der Waals surface area contributed by atoms with Gasteiger partial charge in [-0.05, 0) is 77.8 Å². The fraction of sp³-hybridized carbons (Fsp3) is 0.481. The Morgan fingerprint density at radius 1 is 0.923 bits per heavy atom. The summed E-state index contributed by atoms with van der Waals surface area (Å²) in [5, 5.41) is 13.6. The van der Waals surface area contributed by atoms with Gasteiger partial charge in [-0.15, -0.1) is 10.2 Å². The van der Waals surface area contributed by atoms with E-state index in [1.165, 1.54) is 6.20 Å². The van der Waals surface area contributed by atoms with Gasteiger partial charge >= 0.3 is 0 Å². The highest BCUT2D eigenvalue weighted by atomic mass is 16.5. The molecule has 212 valence electrons. The predicted molar refractivity (Wildman–Crippen MR) is 153 cm³/mol. The Labute approximate surface area is 229 Å². The SMILES string of the molecule is CC(C)(CCOC(C)(C)CCN)NC(=O)CCCC(=O)Nc1ccc(/C(N)=N/N=C(\N)c2ccccn2)nc1. The number of nitrogens with two attached hydrogens (primary N) is 3. The molecule has 12 nitrogen and oxygen atoms in total. The standard InChI is InChI=1S/C27H41N9O3/c1-26(2,14-17-39-27(3,4)13-15-28)34-23(38)10-7-9-22(37)33-19-11-12-21(32-18-19)25(30)36-35-24(29)20-8-5-6-16-31-20/h5-6,8,11-12,16,18H,7,9-10,13-15,17,28H2,1-4H3,(H2,29,35)(H2,30,36)(H,33,37)(H,34,38). The molecule has 0 bridgehead atoms. The molecule has 2 aromatic heterocycles. The second-order valence-electron chi connectivity index (χ2n) is 10.3. The van der Waals surface area contributed by atoms with Crippen molar-refractivity contribution in [3.8, 4) is 0 Å². The second kappa shape index (κ2) is 14.9. The van der Waals surface area contributed by atoms with E-state index in [0.717, 1.165) is 6.42 Å². The van der Waals surface area contributed by atoms with Gasteiger partial charge in [-0.3, -0.25) is 19.6 Å². The average Bonchev–Trinajstić information content (AvgIpc) is 2.87. The molecule has 2 amide bonds. The molecule has 0 unspecified atom stereocenters. The van der Waals surface area contributed by atoms with Crippen LogP contribution in [0.25, 0.3) is 0 Å². The van der Waals surface area contributed by atoms with E-state index >= 15 is 0 Å². The molecule has 0 aliphatic rings. The van der Waals surface area contributed by atoms with Crippen molar-refractivity contribution in [3.63, 3.8) is 0 Å². The molecule has 0 spiro atoms. The zero-order valence-electron chi connectivity index (χ0n) is 23.2. The van der Waals surface area contributed by atoms with E-state index in [9.17, 15) is 9.59 Å².